The molecule has 4 heterocycles. The minimum absolute atomic E-state index is 0.0421. The highest BCUT2D eigenvalue weighted by Crippen LogP contribution is 2.59. The Morgan fingerprint density at radius 2 is 1.88 bits per heavy atom. The molecule has 3 aromatic carbocycles. The number of nitrogens with one attached hydrogen (secondary N) is 1. The molecule has 2 N–H and O–H groups in total. The van der Waals surface area contributed by atoms with Crippen LogP contribution >= 0.6 is 0 Å². The number of aliphatic hydroxyl groups is 1. The fraction of sp³-hybridized carbons (Fsp3) is 0.389. The summed E-state index contributed by atoms with van der Waals surface area (Å²) in [4.78, 5) is 28.2. The fourth-order valence-corrected chi connectivity index (χ4v) is 12.1. The summed E-state index contributed by atoms with van der Waals surface area (Å²) < 4.78 is 19.6. The number of hydrogen-bond donors (Lipinski definition) is 2. The van der Waals surface area contributed by atoms with Gasteiger partial charge in [0.25, 0.3) is 5.91 Å². The molecule has 0 saturated carbocycles. The van der Waals surface area contributed by atoms with Crippen molar-refractivity contribution in [2.45, 2.75) is 56.1 Å². The van der Waals surface area contributed by atoms with E-state index in [1.807, 2.05) is 66.9 Å². The van der Waals surface area contributed by atoms with Crippen LogP contribution in [0.5, 0.6) is 5.75 Å². The molecule has 2 saturated heterocycles. The van der Waals surface area contributed by atoms with Crippen molar-refractivity contribution in [3.8, 4) is 5.75 Å². The molecule has 5 atom stereocenters. The van der Waals surface area contributed by atoms with E-state index in [0.29, 0.717) is 43.2 Å². The number of carbonyl (C=O) groups excluding carboxylic acids is 2. The Kier molecular flexibility index (Phi) is 8.34. The van der Waals surface area contributed by atoms with Gasteiger partial charge in [-0.25, -0.2) is 4.79 Å². The van der Waals surface area contributed by atoms with Crippen LogP contribution in [-0.2, 0) is 26.4 Å². The summed E-state index contributed by atoms with van der Waals surface area (Å²) in [6.07, 6.45) is 1.81. The summed E-state index contributed by atoms with van der Waals surface area (Å²) in [7, 11) is -0.666. The van der Waals surface area contributed by atoms with Crippen LogP contribution in [0.2, 0.25) is 18.6 Å². The molecule has 48 heavy (non-hydrogen) atoms. The molecular weight excluding hydrogens is 627 g/mol. The maximum Gasteiger partial charge on any atom is 0.414 e. The highest BCUT2D eigenvalue weighted by Gasteiger charge is 2.64. The Balaban J connectivity index is 1.23. The number of amides is 2. The van der Waals surface area contributed by atoms with Gasteiger partial charge in [-0.2, -0.15) is 0 Å². The first kappa shape index (κ1) is 32.0. The molecule has 3 aliphatic rings. The second kappa shape index (κ2) is 12.5. The van der Waals surface area contributed by atoms with Gasteiger partial charge in [0.1, 0.15) is 12.4 Å². The van der Waals surface area contributed by atoms with Crippen molar-refractivity contribution in [2.24, 2.45) is 5.92 Å². The molecule has 11 nitrogen and oxygen atoms in total. The SMILES string of the molecule is COc1ccc([Si](C)(C)[C@H]2[C@H](CCn3cc(C(CO)c4ccccc4)nn3)O[C@@]3(C(=O)Nc4ccc(N5CCOC5=O)cc43)[C@@H]2C)cc1. The Bertz CT molecular complexity index is 1820. The zero-order chi connectivity index (χ0) is 33.6. The summed E-state index contributed by atoms with van der Waals surface area (Å²) in [6.45, 7) is 8.03. The minimum atomic E-state index is -2.33. The van der Waals surface area contributed by atoms with E-state index in [0.717, 1.165) is 16.9 Å². The summed E-state index contributed by atoms with van der Waals surface area (Å²) >= 11 is 0. The van der Waals surface area contributed by atoms with E-state index < -0.39 is 19.8 Å². The summed E-state index contributed by atoms with van der Waals surface area (Å²) in [5.41, 5.74) is 2.61. The van der Waals surface area contributed by atoms with Gasteiger partial charge in [0.2, 0.25) is 0 Å². The second-order valence-corrected chi connectivity index (χ2v) is 18.1. The molecule has 4 aromatic rings. The second-order valence-electron chi connectivity index (χ2n) is 13.4. The van der Waals surface area contributed by atoms with Crippen molar-refractivity contribution < 1.29 is 28.9 Å². The van der Waals surface area contributed by atoms with Crippen molar-refractivity contribution in [3.63, 3.8) is 0 Å². The Morgan fingerprint density at radius 1 is 1.10 bits per heavy atom. The molecule has 0 radical (unpaired) electrons. The average molecular weight is 668 g/mol. The number of aliphatic hydroxyl groups excluding tert-OH is 1. The molecule has 2 fully saturated rings. The maximum atomic E-state index is 14.1. The monoisotopic (exact) mass is 667 g/mol. The fourth-order valence-electron chi connectivity index (χ4n) is 8.08. The number of benzene rings is 3. The Labute approximate surface area is 280 Å². The summed E-state index contributed by atoms with van der Waals surface area (Å²) in [6, 6.07) is 23.7. The average Bonchev–Trinajstić information content (AvgIpc) is 3.87. The van der Waals surface area contributed by atoms with Gasteiger partial charge in [-0.1, -0.05) is 72.9 Å². The molecule has 2 amide bonds. The van der Waals surface area contributed by atoms with E-state index in [9.17, 15) is 14.7 Å². The van der Waals surface area contributed by atoms with Crippen LogP contribution < -0.4 is 20.1 Å². The topological polar surface area (TPSA) is 128 Å². The number of fused-ring (bicyclic) bond motifs is 2. The van der Waals surface area contributed by atoms with Gasteiger partial charge >= 0.3 is 6.09 Å². The molecule has 12 heteroatoms. The lowest BCUT2D eigenvalue weighted by molar-refractivity contribution is -0.143. The molecule has 7 rings (SSSR count). The van der Waals surface area contributed by atoms with Crippen LogP contribution in [0.4, 0.5) is 16.2 Å². The largest absolute Gasteiger partial charge is 0.497 e. The van der Waals surface area contributed by atoms with Gasteiger partial charge < -0.3 is 24.6 Å². The number of anilines is 2. The molecular formula is C36H41N5O6Si. The predicted octanol–water partition coefficient (Wildman–Crippen LogP) is 4.63. The molecule has 3 aliphatic heterocycles. The first-order valence-corrected chi connectivity index (χ1v) is 19.5. The van der Waals surface area contributed by atoms with Gasteiger partial charge in [0.05, 0.1) is 46.1 Å². The van der Waals surface area contributed by atoms with Gasteiger partial charge in [0, 0.05) is 35.6 Å². The Morgan fingerprint density at radius 3 is 2.56 bits per heavy atom. The van der Waals surface area contributed by atoms with Crippen LogP contribution in [0.3, 0.4) is 0 Å². The quantitative estimate of drug-likeness (QED) is 0.235. The maximum absolute atomic E-state index is 14.1. The van der Waals surface area contributed by atoms with E-state index >= 15 is 0 Å². The Hall–Kier alpha value is -4.52. The van der Waals surface area contributed by atoms with Crippen molar-refractivity contribution in [3.05, 3.63) is 95.8 Å². The van der Waals surface area contributed by atoms with Crippen LogP contribution in [-0.4, -0.2) is 73.1 Å². The number of methoxy groups -OCH3 is 1. The summed E-state index contributed by atoms with van der Waals surface area (Å²) in [5.74, 6) is 0.148. The predicted molar refractivity (Wildman–Crippen MR) is 183 cm³/mol. The molecule has 250 valence electrons. The van der Waals surface area contributed by atoms with E-state index in [1.54, 1.807) is 16.7 Å². The molecule has 1 aromatic heterocycles. The number of aromatic nitrogens is 3. The number of cyclic esters (lactones) is 1. The number of hydrogen-bond acceptors (Lipinski definition) is 8. The number of aryl methyl sites for hydroxylation is 1. The van der Waals surface area contributed by atoms with Gasteiger partial charge in [-0.15, -0.1) is 5.10 Å². The third-order valence-electron chi connectivity index (χ3n) is 10.6. The highest BCUT2D eigenvalue weighted by molar-refractivity contribution is 6.91. The van der Waals surface area contributed by atoms with E-state index in [2.05, 4.69) is 47.8 Å². The third kappa shape index (κ3) is 5.28. The van der Waals surface area contributed by atoms with Gasteiger partial charge in [-0.05, 0) is 47.9 Å². The van der Waals surface area contributed by atoms with E-state index in [-0.39, 0.29) is 36.0 Å². The first-order chi connectivity index (χ1) is 23.2. The van der Waals surface area contributed by atoms with E-state index in [1.165, 1.54) is 5.19 Å². The van der Waals surface area contributed by atoms with Crippen LogP contribution in [0.25, 0.3) is 0 Å². The van der Waals surface area contributed by atoms with Crippen molar-refractivity contribution in [1.29, 1.82) is 0 Å². The van der Waals surface area contributed by atoms with Crippen LogP contribution in [0.15, 0.2) is 79.0 Å². The smallest absolute Gasteiger partial charge is 0.414 e. The number of rotatable bonds is 10. The lowest BCUT2D eigenvalue weighted by atomic mass is 9.82. The number of ether oxygens (including phenoxy) is 3. The number of carbonyl (C=O) groups is 2. The van der Waals surface area contributed by atoms with Crippen molar-refractivity contribution >= 4 is 36.6 Å². The zero-order valence-corrected chi connectivity index (χ0v) is 28.6. The van der Waals surface area contributed by atoms with Crippen LogP contribution in [0.1, 0.15) is 36.1 Å². The highest BCUT2D eigenvalue weighted by atomic mass is 28.3. The van der Waals surface area contributed by atoms with Crippen LogP contribution in [0, 0.1) is 5.92 Å². The number of nitrogens with zero attached hydrogens (tertiary/aromatic N) is 4. The van der Waals surface area contributed by atoms with Crippen molar-refractivity contribution in [2.75, 3.05) is 37.1 Å². The lowest BCUT2D eigenvalue weighted by Gasteiger charge is -2.37. The normalized spacial score (nSPS) is 24.1. The van der Waals surface area contributed by atoms with Gasteiger partial charge in [0.15, 0.2) is 5.60 Å². The first-order valence-electron chi connectivity index (χ1n) is 16.5. The molecule has 1 unspecified atom stereocenters. The zero-order valence-electron chi connectivity index (χ0n) is 27.6. The molecule has 0 bridgehead atoms. The summed E-state index contributed by atoms with van der Waals surface area (Å²) in [5, 5.41) is 23.4. The minimum Gasteiger partial charge on any atom is -0.497 e. The third-order valence-corrected chi connectivity index (χ3v) is 14.9. The van der Waals surface area contributed by atoms with E-state index in [4.69, 9.17) is 14.2 Å². The standard InChI is InChI=1S/C36H41N5O6Si/c1-23-33(48(3,4)27-13-11-26(45-2)12-14-27)32(16-17-40-21-31(38-39-40)28(22-42)24-8-6-5-7-9-24)47-36(23)29-20-25(41-18-19-46-35(41)44)10-15-30(29)37-34(36)43/h5-15,20-21,23,28,32-33,42H,16-19,22H2,1-4H3,(H,37,43)/t23-,28?,32+,33-,36+/m1/s1. The molecule has 0 aliphatic carbocycles. The van der Waals surface area contributed by atoms with Crippen molar-refractivity contribution in [1.82, 2.24) is 15.0 Å². The molecule has 1 spiro atoms. The van der Waals surface area contributed by atoms with Gasteiger partial charge in [-0.3, -0.25) is 14.4 Å². The lowest BCUT2D eigenvalue weighted by Crippen LogP contribution is -2.51.